The van der Waals surface area contributed by atoms with Crippen molar-refractivity contribution in [1.29, 1.82) is 0 Å². The molecule has 1 aliphatic carbocycles. The Morgan fingerprint density at radius 1 is 1.42 bits per heavy atom. The fourth-order valence-corrected chi connectivity index (χ4v) is 3.45. The van der Waals surface area contributed by atoms with Gasteiger partial charge >= 0.3 is 0 Å². The molecular formula is C14H17BrFNO2. The monoisotopic (exact) mass is 329 g/mol. The van der Waals surface area contributed by atoms with E-state index in [1.165, 1.54) is 25.0 Å². The zero-order chi connectivity index (χ0) is 13.8. The van der Waals surface area contributed by atoms with E-state index in [0.717, 1.165) is 17.8 Å². The molecule has 1 amide bonds. The lowest BCUT2D eigenvalue weighted by atomic mass is 9.98. The molecule has 5 heteroatoms. The van der Waals surface area contributed by atoms with Crippen LogP contribution in [-0.2, 0) is 0 Å². The number of alkyl halides is 1. The molecule has 1 saturated carbocycles. The second kappa shape index (κ2) is 6.37. The second-order valence-corrected chi connectivity index (χ2v) is 5.62. The number of phenols is 1. The maximum Gasteiger partial charge on any atom is 0.255 e. The lowest BCUT2D eigenvalue weighted by Crippen LogP contribution is -2.31. The van der Waals surface area contributed by atoms with Crippen LogP contribution in [0.3, 0.4) is 0 Å². The number of carbonyl (C=O) groups excluding carboxylic acids is 1. The SMILES string of the molecule is O=C(NCC1CCCC1CBr)c1ccc(F)cc1O. The Balaban J connectivity index is 1.94. The van der Waals surface area contributed by atoms with Gasteiger partial charge in [0.1, 0.15) is 11.6 Å². The Kier molecular flexibility index (Phi) is 4.80. The van der Waals surface area contributed by atoms with Crippen molar-refractivity contribution in [2.24, 2.45) is 11.8 Å². The minimum atomic E-state index is -0.552. The summed E-state index contributed by atoms with van der Waals surface area (Å²) in [6.07, 6.45) is 3.50. The molecule has 1 aromatic rings. The molecule has 3 nitrogen and oxygen atoms in total. The highest BCUT2D eigenvalue weighted by Crippen LogP contribution is 2.32. The fourth-order valence-electron chi connectivity index (χ4n) is 2.60. The third kappa shape index (κ3) is 3.47. The van der Waals surface area contributed by atoms with Gasteiger partial charge in [0.15, 0.2) is 0 Å². The molecule has 104 valence electrons. The van der Waals surface area contributed by atoms with E-state index in [9.17, 15) is 14.3 Å². The first-order chi connectivity index (χ1) is 9.11. The molecule has 1 fully saturated rings. The van der Waals surface area contributed by atoms with Crippen LogP contribution in [0, 0.1) is 17.7 Å². The first-order valence-corrected chi connectivity index (χ1v) is 7.56. The van der Waals surface area contributed by atoms with Crippen molar-refractivity contribution in [3.63, 3.8) is 0 Å². The summed E-state index contributed by atoms with van der Waals surface area (Å²) in [4.78, 5) is 11.9. The molecule has 2 unspecified atom stereocenters. The van der Waals surface area contributed by atoms with Gasteiger partial charge in [-0.05, 0) is 36.8 Å². The van der Waals surface area contributed by atoms with Gasteiger partial charge in [0.05, 0.1) is 5.56 Å². The van der Waals surface area contributed by atoms with Gasteiger partial charge in [-0.15, -0.1) is 0 Å². The summed E-state index contributed by atoms with van der Waals surface area (Å²) in [5.41, 5.74) is 0.120. The van der Waals surface area contributed by atoms with Gasteiger partial charge in [-0.25, -0.2) is 4.39 Å². The fraction of sp³-hybridized carbons (Fsp3) is 0.500. The number of hydrogen-bond acceptors (Lipinski definition) is 2. The van der Waals surface area contributed by atoms with Crippen molar-refractivity contribution in [2.45, 2.75) is 19.3 Å². The third-order valence-corrected chi connectivity index (χ3v) is 4.58. The van der Waals surface area contributed by atoms with Gasteiger partial charge in [0.25, 0.3) is 5.91 Å². The number of aromatic hydroxyl groups is 1. The van der Waals surface area contributed by atoms with Crippen molar-refractivity contribution >= 4 is 21.8 Å². The summed E-state index contributed by atoms with van der Waals surface area (Å²) in [6.45, 7) is 0.603. The van der Waals surface area contributed by atoms with Crippen molar-refractivity contribution in [3.8, 4) is 5.75 Å². The maximum atomic E-state index is 12.8. The summed E-state index contributed by atoms with van der Waals surface area (Å²) >= 11 is 3.49. The van der Waals surface area contributed by atoms with E-state index in [1.54, 1.807) is 0 Å². The van der Waals surface area contributed by atoms with Crippen LogP contribution in [0.1, 0.15) is 29.6 Å². The number of amides is 1. The number of nitrogens with one attached hydrogen (secondary N) is 1. The molecule has 0 saturated heterocycles. The Morgan fingerprint density at radius 2 is 2.16 bits per heavy atom. The van der Waals surface area contributed by atoms with Crippen molar-refractivity contribution < 1.29 is 14.3 Å². The Labute approximate surface area is 120 Å². The van der Waals surface area contributed by atoms with E-state index in [4.69, 9.17) is 0 Å². The largest absolute Gasteiger partial charge is 0.507 e. The lowest BCUT2D eigenvalue weighted by molar-refractivity contribution is 0.0942. The maximum absolute atomic E-state index is 12.8. The molecule has 0 heterocycles. The van der Waals surface area contributed by atoms with Gasteiger partial charge in [-0.3, -0.25) is 4.79 Å². The molecule has 0 radical (unpaired) electrons. The Morgan fingerprint density at radius 3 is 2.84 bits per heavy atom. The summed E-state index contributed by atoms with van der Waals surface area (Å²) in [5.74, 6) is -0.143. The van der Waals surface area contributed by atoms with E-state index in [-0.39, 0.29) is 17.2 Å². The van der Waals surface area contributed by atoms with Crippen LogP contribution >= 0.6 is 15.9 Å². The van der Waals surface area contributed by atoms with Crippen LogP contribution in [0.25, 0.3) is 0 Å². The van der Waals surface area contributed by atoms with Crippen LogP contribution < -0.4 is 5.32 Å². The summed E-state index contributed by atoms with van der Waals surface area (Å²) in [7, 11) is 0. The lowest BCUT2D eigenvalue weighted by Gasteiger charge is -2.18. The van der Waals surface area contributed by atoms with Crippen LogP contribution in [0.5, 0.6) is 5.75 Å². The number of carbonyl (C=O) groups is 1. The van der Waals surface area contributed by atoms with Gasteiger partial charge < -0.3 is 10.4 Å². The van der Waals surface area contributed by atoms with E-state index < -0.39 is 5.82 Å². The van der Waals surface area contributed by atoms with E-state index in [0.29, 0.717) is 18.4 Å². The first kappa shape index (κ1) is 14.3. The quantitative estimate of drug-likeness (QED) is 0.834. The minimum Gasteiger partial charge on any atom is -0.507 e. The summed E-state index contributed by atoms with van der Waals surface area (Å²) in [5, 5.41) is 13.3. The topological polar surface area (TPSA) is 49.3 Å². The highest BCUT2D eigenvalue weighted by molar-refractivity contribution is 9.09. The molecule has 2 rings (SSSR count). The number of benzene rings is 1. The van der Waals surface area contributed by atoms with Crippen LogP contribution in [0.15, 0.2) is 18.2 Å². The smallest absolute Gasteiger partial charge is 0.255 e. The standard InChI is InChI=1S/C14H17BrFNO2/c15-7-9-2-1-3-10(9)8-17-14(19)12-5-4-11(16)6-13(12)18/h4-6,9-10,18H,1-3,7-8H2,(H,17,19). The predicted molar refractivity (Wildman–Crippen MR) is 75.0 cm³/mol. The number of phenolic OH excluding ortho intramolecular Hbond substituents is 1. The van der Waals surface area contributed by atoms with E-state index in [1.807, 2.05) is 0 Å². The van der Waals surface area contributed by atoms with Gasteiger partial charge in [0, 0.05) is 17.9 Å². The van der Waals surface area contributed by atoms with Gasteiger partial charge in [-0.1, -0.05) is 22.4 Å². The molecule has 0 bridgehead atoms. The second-order valence-electron chi connectivity index (χ2n) is 4.98. The zero-order valence-corrected chi connectivity index (χ0v) is 12.1. The van der Waals surface area contributed by atoms with Gasteiger partial charge in [-0.2, -0.15) is 0 Å². The van der Waals surface area contributed by atoms with Crippen molar-refractivity contribution in [1.82, 2.24) is 5.32 Å². The normalized spacial score (nSPS) is 22.4. The molecule has 1 aromatic carbocycles. The van der Waals surface area contributed by atoms with Crippen molar-refractivity contribution in [3.05, 3.63) is 29.6 Å². The van der Waals surface area contributed by atoms with Crippen molar-refractivity contribution in [2.75, 3.05) is 11.9 Å². The van der Waals surface area contributed by atoms with Crippen LogP contribution in [0.2, 0.25) is 0 Å². The number of halogens is 2. The number of hydrogen-bond donors (Lipinski definition) is 2. The van der Waals surface area contributed by atoms with Crippen LogP contribution in [0.4, 0.5) is 4.39 Å². The number of rotatable bonds is 4. The third-order valence-electron chi connectivity index (χ3n) is 3.74. The van der Waals surface area contributed by atoms with Gasteiger partial charge in [0.2, 0.25) is 0 Å². The molecule has 0 spiro atoms. The van der Waals surface area contributed by atoms with Crippen LogP contribution in [-0.4, -0.2) is 22.9 Å². The molecule has 0 aliphatic heterocycles. The van der Waals surface area contributed by atoms with E-state index >= 15 is 0 Å². The summed E-state index contributed by atoms with van der Waals surface area (Å²) in [6, 6.07) is 3.42. The summed E-state index contributed by atoms with van der Waals surface area (Å²) < 4.78 is 12.8. The zero-order valence-electron chi connectivity index (χ0n) is 10.5. The minimum absolute atomic E-state index is 0.120. The predicted octanol–water partition coefficient (Wildman–Crippen LogP) is 3.07. The molecule has 1 aliphatic rings. The molecular weight excluding hydrogens is 313 g/mol. The molecule has 2 atom stereocenters. The average Bonchev–Trinajstić information content (AvgIpc) is 2.83. The Hall–Kier alpha value is -1.10. The Bertz CT molecular complexity index is 467. The highest BCUT2D eigenvalue weighted by atomic mass is 79.9. The highest BCUT2D eigenvalue weighted by Gasteiger charge is 2.26. The first-order valence-electron chi connectivity index (χ1n) is 6.44. The molecule has 19 heavy (non-hydrogen) atoms. The molecule has 0 aromatic heterocycles. The average molecular weight is 330 g/mol. The molecule has 2 N–H and O–H groups in total. The van der Waals surface area contributed by atoms with E-state index in [2.05, 4.69) is 21.2 Å².